The zero-order valence-corrected chi connectivity index (χ0v) is 13.2. The Balaban J connectivity index is 2.00. The number of anilines is 1. The van der Waals surface area contributed by atoms with E-state index in [1.165, 1.54) is 7.11 Å². The number of aromatic hydroxyl groups is 1. The number of ether oxygens (including phenoxy) is 2. The summed E-state index contributed by atoms with van der Waals surface area (Å²) < 4.78 is 10.5. The summed E-state index contributed by atoms with van der Waals surface area (Å²) in [5.41, 5.74) is 1.06. The SMILES string of the molecule is COc1nc(/C(=N/N)c2ccc(O)cc2)nc(N2CCOCC2)n1. The first kappa shape index (κ1) is 15.9. The van der Waals surface area contributed by atoms with E-state index >= 15 is 0 Å². The molecule has 0 spiro atoms. The lowest BCUT2D eigenvalue weighted by atomic mass is 10.1. The Morgan fingerprint density at radius 2 is 1.92 bits per heavy atom. The summed E-state index contributed by atoms with van der Waals surface area (Å²) in [7, 11) is 1.49. The monoisotopic (exact) mass is 330 g/mol. The molecular weight excluding hydrogens is 312 g/mol. The third kappa shape index (κ3) is 3.35. The molecule has 0 amide bonds. The molecule has 2 heterocycles. The zero-order valence-electron chi connectivity index (χ0n) is 13.2. The largest absolute Gasteiger partial charge is 0.508 e. The van der Waals surface area contributed by atoms with E-state index in [1.54, 1.807) is 24.3 Å². The molecule has 0 bridgehead atoms. The second-order valence-electron chi connectivity index (χ2n) is 5.07. The number of phenols is 1. The third-order valence-electron chi connectivity index (χ3n) is 3.56. The van der Waals surface area contributed by atoms with Crippen molar-refractivity contribution >= 4 is 11.7 Å². The lowest BCUT2D eigenvalue weighted by Gasteiger charge is -2.26. The van der Waals surface area contributed by atoms with Gasteiger partial charge in [-0.05, 0) is 24.3 Å². The van der Waals surface area contributed by atoms with E-state index in [1.807, 2.05) is 4.90 Å². The molecule has 24 heavy (non-hydrogen) atoms. The lowest BCUT2D eigenvalue weighted by Crippen LogP contribution is -2.37. The normalized spacial score (nSPS) is 15.4. The van der Waals surface area contributed by atoms with Crippen LogP contribution in [0.25, 0.3) is 0 Å². The van der Waals surface area contributed by atoms with E-state index in [0.717, 1.165) is 0 Å². The third-order valence-corrected chi connectivity index (χ3v) is 3.56. The number of morpholine rings is 1. The van der Waals surface area contributed by atoms with Gasteiger partial charge in [-0.15, -0.1) is 0 Å². The van der Waals surface area contributed by atoms with Crippen molar-refractivity contribution in [1.82, 2.24) is 15.0 Å². The first-order valence-electron chi connectivity index (χ1n) is 7.41. The number of phenolic OH excluding ortho intramolecular Hbond substituents is 1. The van der Waals surface area contributed by atoms with Gasteiger partial charge in [-0.3, -0.25) is 0 Å². The Hall–Kier alpha value is -2.94. The van der Waals surface area contributed by atoms with Crippen LogP contribution in [0.2, 0.25) is 0 Å². The van der Waals surface area contributed by atoms with E-state index in [4.69, 9.17) is 15.3 Å². The Morgan fingerprint density at radius 3 is 2.54 bits per heavy atom. The molecule has 1 aromatic carbocycles. The summed E-state index contributed by atoms with van der Waals surface area (Å²) in [5.74, 6) is 6.48. The minimum absolute atomic E-state index is 0.150. The van der Waals surface area contributed by atoms with Gasteiger partial charge in [-0.25, -0.2) is 0 Å². The van der Waals surface area contributed by atoms with Gasteiger partial charge in [0.2, 0.25) is 5.95 Å². The van der Waals surface area contributed by atoms with Crippen molar-refractivity contribution < 1.29 is 14.6 Å². The van der Waals surface area contributed by atoms with Crippen LogP contribution in [-0.2, 0) is 4.74 Å². The number of hydrogen-bond acceptors (Lipinski definition) is 9. The summed E-state index contributed by atoms with van der Waals surface area (Å²) in [6, 6.07) is 6.64. The van der Waals surface area contributed by atoms with Crippen LogP contribution in [0.5, 0.6) is 11.8 Å². The fourth-order valence-corrected chi connectivity index (χ4v) is 2.33. The Bertz CT molecular complexity index is 728. The topological polar surface area (TPSA) is 119 Å². The number of hydrazone groups is 1. The van der Waals surface area contributed by atoms with Gasteiger partial charge in [0.1, 0.15) is 11.5 Å². The molecule has 126 valence electrons. The molecule has 3 rings (SSSR count). The van der Waals surface area contributed by atoms with Crippen LogP contribution in [0.4, 0.5) is 5.95 Å². The summed E-state index contributed by atoms with van der Waals surface area (Å²) >= 11 is 0. The molecule has 0 saturated carbocycles. The maximum atomic E-state index is 9.43. The summed E-state index contributed by atoms with van der Waals surface area (Å²) in [6.07, 6.45) is 0. The first-order valence-corrected chi connectivity index (χ1v) is 7.41. The van der Waals surface area contributed by atoms with Crippen LogP contribution in [0, 0.1) is 0 Å². The second-order valence-corrected chi connectivity index (χ2v) is 5.07. The van der Waals surface area contributed by atoms with E-state index in [0.29, 0.717) is 49.4 Å². The minimum atomic E-state index is 0.150. The highest BCUT2D eigenvalue weighted by molar-refractivity contribution is 6.10. The fourth-order valence-electron chi connectivity index (χ4n) is 2.33. The highest BCUT2D eigenvalue weighted by Crippen LogP contribution is 2.17. The van der Waals surface area contributed by atoms with Crippen LogP contribution < -0.4 is 15.5 Å². The molecule has 0 radical (unpaired) electrons. The molecule has 1 fully saturated rings. The minimum Gasteiger partial charge on any atom is -0.508 e. The Labute approximate surface area is 138 Å². The average molecular weight is 330 g/mol. The molecule has 0 unspecified atom stereocenters. The second kappa shape index (κ2) is 7.09. The molecule has 1 saturated heterocycles. The molecule has 0 aliphatic carbocycles. The van der Waals surface area contributed by atoms with Crippen LogP contribution in [-0.4, -0.2) is 59.2 Å². The Morgan fingerprint density at radius 1 is 1.21 bits per heavy atom. The highest BCUT2D eigenvalue weighted by atomic mass is 16.5. The number of nitrogens with zero attached hydrogens (tertiary/aromatic N) is 5. The molecule has 9 heteroatoms. The van der Waals surface area contributed by atoms with Crippen molar-refractivity contribution in [2.75, 3.05) is 38.3 Å². The molecule has 1 aliphatic rings. The van der Waals surface area contributed by atoms with Gasteiger partial charge >= 0.3 is 6.01 Å². The zero-order chi connectivity index (χ0) is 16.9. The van der Waals surface area contributed by atoms with E-state index in [2.05, 4.69) is 20.1 Å². The van der Waals surface area contributed by atoms with Crippen LogP contribution in [0.1, 0.15) is 11.4 Å². The molecule has 9 nitrogen and oxygen atoms in total. The van der Waals surface area contributed by atoms with Gasteiger partial charge in [-0.1, -0.05) is 0 Å². The number of aromatic nitrogens is 3. The van der Waals surface area contributed by atoms with Crippen molar-refractivity contribution in [2.24, 2.45) is 10.9 Å². The van der Waals surface area contributed by atoms with Crippen LogP contribution in [0.15, 0.2) is 29.4 Å². The van der Waals surface area contributed by atoms with Crippen molar-refractivity contribution in [3.8, 4) is 11.8 Å². The molecule has 3 N–H and O–H groups in total. The number of benzene rings is 1. The maximum absolute atomic E-state index is 9.43. The highest BCUT2D eigenvalue weighted by Gasteiger charge is 2.19. The number of nitrogens with two attached hydrogens (primary N) is 1. The van der Waals surface area contributed by atoms with Crippen molar-refractivity contribution in [3.05, 3.63) is 35.7 Å². The first-order chi connectivity index (χ1) is 11.7. The molecule has 0 atom stereocenters. The number of hydrogen-bond donors (Lipinski definition) is 2. The van der Waals surface area contributed by atoms with E-state index in [-0.39, 0.29) is 11.8 Å². The van der Waals surface area contributed by atoms with Crippen molar-refractivity contribution in [3.63, 3.8) is 0 Å². The molecular formula is C15H18N6O3. The van der Waals surface area contributed by atoms with E-state index in [9.17, 15) is 5.11 Å². The predicted molar refractivity (Wildman–Crippen MR) is 87.3 cm³/mol. The van der Waals surface area contributed by atoms with Gasteiger partial charge in [0.05, 0.1) is 20.3 Å². The van der Waals surface area contributed by atoms with Gasteiger partial charge < -0.3 is 25.3 Å². The summed E-state index contributed by atoms with van der Waals surface area (Å²) in [5, 5.41) is 13.2. The van der Waals surface area contributed by atoms with Gasteiger partial charge in [0, 0.05) is 18.7 Å². The van der Waals surface area contributed by atoms with E-state index < -0.39 is 0 Å². The Kier molecular flexibility index (Phi) is 4.71. The lowest BCUT2D eigenvalue weighted by molar-refractivity contribution is 0.122. The quantitative estimate of drug-likeness (QED) is 0.461. The van der Waals surface area contributed by atoms with Gasteiger partial charge in [0.15, 0.2) is 5.82 Å². The van der Waals surface area contributed by atoms with Gasteiger partial charge in [-0.2, -0.15) is 20.1 Å². The standard InChI is InChI=1S/C15H18N6O3/c1-23-15-18-13(12(20-16)10-2-4-11(22)5-3-10)17-14(19-15)21-6-8-24-9-7-21/h2-5,22H,6-9,16H2,1H3/b20-12+. The smallest absolute Gasteiger partial charge is 0.321 e. The average Bonchev–Trinajstić information content (AvgIpc) is 2.64. The predicted octanol–water partition coefficient (Wildman–Crippen LogP) is 0.133. The fraction of sp³-hybridized carbons (Fsp3) is 0.333. The van der Waals surface area contributed by atoms with Crippen LogP contribution in [0.3, 0.4) is 0 Å². The van der Waals surface area contributed by atoms with Crippen LogP contribution >= 0.6 is 0 Å². The molecule has 1 aliphatic heterocycles. The van der Waals surface area contributed by atoms with Gasteiger partial charge in [0.25, 0.3) is 0 Å². The summed E-state index contributed by atoms with van der Waals surface area (Å²) in [4.78, 5) is 15.0. The molecule has 2 aromatic rings. The number of methoxy groups -OCH3 is 1. The van der Waals surface area contributed by atoms with Crippen molar-refractivity contribution in [2.45, 2.75) is 0 Å². The maximum Gasteiger partial charge on any atom is 0.321 e. The van der Waals surface area contributed by atoms with Crippen molar-refractivity contribution in [1.29, 1.82) is 0 Å². The number of rotatable bonds is 4. The summed E-state index contributed by atoms with van der Waals surface area (Å²) in [6.45, 7) is 2.58. The molecule has 1 aromatic heterocycles.